The van der Waals surface area contributed by atoms with Crippen molar-refractivity contribution in [3.8, 4) is 0 Å². The number of rotatable bonds is 9. The smallest absolute Gasteiger partial charge is 0.303 e. The minimum Gasteiger partial charge on any atom is -0.481 e. The fraction of sp³-hybridized carbons (Fsp3) is 0.800. The number of carbonyl (C=O) groups is 1. The predicted octanol–water partition coefficient (Wildman–Crippen LogP) is 4.28. The molecule has 0 aliphatic carbocycles. The van der Waals surface area contributed by atoms with Gasteiger partial charge in [0.2, 0.25) is 0 Å². The third-order valence-electron chi connectivity index (χ3n) is 3.86. The van der Waals surface area contributed by atoms with Crippen LogP contribution < -0.4 is 0 Å². The maximum absolute atomic E-state index is 10.7. The van der Waals surface area contributed by atoms with Crippen molar-refractivity contribution in [2.24, 2.45) is 5.92 Å². The van der Waals surface area contributed by atoms with Crippen molar-refractivity contribution in [1.82, 2.24) is 0 Å². The first-order chi connectivity index (χ1) is 9.58. The maximum Gasteiger partial charge on any atom is 0.303 e. The SMILES string of the molecule is C=C(CCCCC)C1CCC(OCl)OC1CCC(=O)O. The summed E-state index contributed by atoms with van der Waals surface area (Å²) in [6.07, 6.45) is 6.09. The van der Waals surface area contributed by atoms with Crippen LogP contribution in [-0.2, 0) is 13.8 Å². The van der Waals surface area contributed by atoms with Gasteiger partial charge in [0.1, 0.15) is 0 Å². The Morgan fingerprint density at radius 2 is 2.15 bits per heavy atom. The number of ether oxygens (including phenoxy) is 1. The van der Waals surface area contributed by atoms with Crippen LogP contribution in [0.5, 0.6) is 0 Å². The van der Waals surface area contributed by atoms with Crippen LogP contribution in [0.25, 0.3) is 0 Å². The van der Waals surface area contributed by atoms with Crippen molar-refractivity contribution >= 4 is 17.8 Å². The molecule has 0 aromatic heterocycles. The van der Waals surface area contributed by atoms with Crippen LogP contribution in [0, 0.1) is 5.92 Å². The molecule has 20 heavy (non-hydrogen) atoms. The molecular weight excluding hydrogens is 280 g/mol. The Morgan fingerprint density at radius 1 is 1.40 bits per heavy atom. The molecule has 3 unspecified atom stereocenters. The van der Waals surface area contributed by atoms with Gasteiger partial charge >= 0.3 is 5.97 Å². The fourth-order valence-corrected chi connectivity index (χ4v) is 2.85. The van der Waals surface area contributed by atoms with E-state index in [-0.39, 0.29) is 18.4 Å². The summed E-state index contributed by atoms with van der Waals surface area (Å²) >= 11 is 5.37. The van der Waals surface area contributed by atoms with Gasteiger partial charge in [0.25, 0.3) is 0 Å². The largest absolute Gasteiger partial charge is 0.481 e. The van der Waals surface area contributed by atoms with Crippen molar-refractivity contribution in [3.05, 3.63) is 12.2 Å². The molecule has 1 fully saturated rings. The molecule has 0 radical (unpaired) electrons. The highest BCUT2D eigenvalue weighted by Gasteiger charge is 2.33. The number of carboxylic acid groups (broad SMARTS) is 1. The Labute approximate surface area is 126 Å². The van der Waals surface area contributed by atoms with Crippen LogP contribution >= 0.6 is 11.9 Å². The number of halogens is 1. The summed E-state index contributed by atoms with van der Waals surface area (Å²) in [6.45, 7) is 6.35. The van der Waals surface area contributed by atoms with Gasteiger partial charge in [0, 0.05) is 18.8 Å². The molecule has 1 heterocycles. The zero-order chi connectivity index (χ0) is 15.0. The van der Waals surface area contributed by atoms with Crippen LogP contribution in [0.15, 0.2) is 12.2 Å². The molecule has 0 spiro atoms. The minimum absolute atomic E-state index is 0.0956. The van der Waals surface area contributed by atoms with E-state index in [2.05, 4.69) is 13.5 Å². The molecule has 3 atom stereocenters. The molecular formula is C15H25ClO4. The van der Waals surface area contributed by atoms with E-state index in [1.807, 2.05) is 0 Å². The Kier molecular flexibility index (Phi) is 8.19. The van der Waals surface area contributed by atoms with E-state index < -0.39 is 12.3 Å². The van der Waals surface area contributed by atoms with E-state index in [4.69, 9.17) is 26.0 Å². The van der Waals surface area contributed by atoms with Gasteiger partial charge in [-0.3, -0.25) is 4.79 Å². The number of hydrogen-bond donors (Lipinski definition) is 1. The second-order valence-electron chi connectivity index (χ2n) is 5.42. The normalized spacial score (nSPS) is 26.4. The Morgan fingerprint density at radius 3 is 2.75 bits per heavy atom. The molecule has 1 aliphatic heterocycles. The van der Waals surface area contributed by atoms with Gasteiger partial charge in [-0.2, -0.15) is 0 Å². The molecule has 0 aromatic carbocycles. The third kappa shape index (κ3) is 5.81. The topological polar surface area (TPSA) is 55.8 Å². The van der Waals surface area contributed by atoms with Crippen LogP contribution in [0.2, 0.25) is 0 Å². The quantitative estimate of drug-likeness (QED) is 0.510. The zero-order valence-corrected chi connectivity index (χ0v) is 12.9. The molecule has 0 aromatic rings. The Balaban J connectivity index is 2.54. The summed E-state index contributed by atoms with van der Waals surface area (Å²) < 4.78 is 10.5. The summed E-state index contributed by atoms with van der Waals surface area (Å²) in [4.78, 5) is 10.7. The van der Waals surface area contributed by atoms with Gasteiger partial charge in [-0.05, 0) is 25.7 Å². The minimum atomic E-state index is -0.808. The lowest BCUT2D eigenvalue weighted by Gasteiger charge is -2.36. The van der Waals surface area contributed by atoms with E-state index in [0.29, 0.717) is 6.42 Å². The molecule has 0 amide bonds. The highest BCUT2D eigenvalue weighted by atomic mass is 35.5. The van der Waals surface area contributed by atoms with E-state index in [0.717, 1.165) is 25.7 Å². The standard InChI is InChI=1S/C15H25ClO4/c1-3-4-5-6-11(2)12-7-10-15(20-16)19-13(12)8-9-14(17)18/h12-13,15H,2-10H2,1H3,(H,17,18). The first-order valence-electron chi connectivity index (χ1n) is 7.40. The van der Waals surface area contributed by atoms with Crippen molar-refractivity contribution < 1.29 is 18.9 Å². The molecule has 1 N–H and O–H groups in total. The number of hydrogen-bond acceptors (Lipinski definition) is 3. The van der Waals surface area contributed by atoms with Gasteiger partial charge in [-0.25, -0.2) is 4.29 Å². The first kappa shape index (κ1) is 17.5. The van der Waals surface area contributed by atoms with Gasteiger partial charge < -0.3 is 9.84 Å². The van der Waals surface area contributed by atoms with Crippen LogP contribution in [0.4, 0.5) is 0 Å². The molecule has 1 aliphatic rings. The summed E-state index contributed by atoms with van der Waals surface area (Å²) in [6, 6.07) is 0. The van der Waals surface area contributed by atoms with Crippen LogP contribution in [0.1, 0.15) is 58.3 Å². The lowest BCUT2D eigenvalue weighted by Crippen LogP contribution is -2.36. The lowest BCUT2D eigenvalue weighted by atomic mass is 9.83. The van der Waals surface area contributed by atoms with Gasteiger partial charge in [0.05, 0.1) is 18.0 Å². The Bertz CT molecular complexity index is 319. The summed E-state index contributed by atoms with van der Waals surface area (Å²) in [5.41, 5.74) is 1.17. The van der Waals surface area contributed by atoms with Gasteiger partial charge in [0.15, 0.2) is 6.29 Å². The van der Waals surface area contributed by atoms with Gasteiger partial charge in [-0.15, -0.1) is 0 Å². The van der Waals surface area contributed by atoms with Crippen molar-refractivity contribution in [3.63, 3.8) is 0 Å². The predicted molar refractivity (Wildman–Crippen MR) is 78.5 cm³/mol. The number of carboxylic acids is 1. The first-order valence-corrected chi connectivity index (χ1v) is 7.71. The summed E-state index contributed by atoms with van der Waals surface area (Å²) in [5, 5.41) is 8.83. The van der Waals surface area contributed by atoms with Crippen molar-refractivity contribution in [2.75, 3.05) is 0 Å². The molecule has 116 valence electrons. The van der Waals surface area contributed by atoms with E-state index in [1.165, 1.54) is 18.4 Å². The zero-order valence-electron chi connectivity index (χ0n) is 12.1. The lowest BCUT2D eigenvalue weighted by molar-refractivity contribution is -0.166. The van der Waals surface area contributed by atoms with Crippen molar-refractivity contribution in [2.45, 2.75) is 70.7 Å². The highest BCUT2D eigenvalue weighted by Crippen LogP contribution is 2.35. The van der Waals surface area contributed by atoms with Crippen LogP contribution in [-0.4, -0.2) is 23.5 Å². The van der Waals surface area contributed by atoms with E-state index in [1.54, 1.807) is 0 Å². The molecule has 1 saturated heterocycles. The third-order valence-corrected chi connectivity index (χ3v) is 4.06. The summed E-state index contributed by atoms with van der Waals surface area (Å²) in [7, 11) is 0. The van der Waals surface area contributed by atoms with Crippen molar-refractivity contribution in [1.29, 1.82) is 0 Å². The number of aliphatic carboxylic acids is 1. The van der Waals surface area contributed by atoms with E-state index >= 15 is 0 Å². The van der Waals surface area contributed by atoms with Crippen LogP contribution in [0.3, 0.4) is 0 Å². The van der Waals surface area contributed by atoms with E-state index in [9.17, 15) is 4.79 Å². The maximum atomic E-state index is 10.7. The monoisotopic (exact) mass is 304 g/mol. The molecule has 1 rings (SSSR count). The summed E-state index contributed by atoms with van der Waals surface area (Å²) in [5.74, 6) is -0.591. The average Bonchev–Trinajstić information content (AvgIpc) is 2.44. The second kappa shape index (κ2) is 9.37. The number of unbranched alkanes of at least 4 members (excludes halogenated alkanes) is 2. The second-order valence-corrected chi connectivity index (χ2v) is 5.60. The highest BCUT2D eigenvalue weighted by molar-refractivity contribution is 6.07. The Hall–Kier alpha value is -0.580. The molecule has 5 heteroatoms. The molecule has 0 bridgehead atoms. The molecule has 4 nitrogen and oxygen atoms in total. The van der Waals surface area contributed by atoms with Gasteiger partial charge in [-0.1, -0.05) is 31.9 Å². The fourth-order valence-electron chi connectivity index (χ4n) is 2.71. The molecule has 0 saturated carbocycles. The average molecular weight is 305 g/mol.